The molecule has 1 amide bonds. The minimum absolute atomic E-state index is 0.0193. The molecule has 1 saturated heterocycles. The zero-order valence-corrected chi connectivity index (χ0v) is 21.2. The summed E-state index contributed by atoms with van der Waals surface area (Å²) in [4.78, 5) is 21.9. The Bertz CT molecular complexity index is 1310. The van der Waals surface area contributed by atoms with E-state index in [0.29, 0.717) is 11.9 Å². The Morgan fingerprint density at radius 3 is 2.35 bits per heavy atom. The van der Waals surface area contributed by atoms with Crippen molar-refractivity contribution in [1.82, 2.24) is 19.6 Å². The number of alkyl halides is 3. The number of nitrogens with zero attached hydrogens (tertiary/aromatic N) is 3. The highest BCUT2D eigenvalue weighted by molar-refractivity contribution is 7.89. The molecule has 0 bridgehead atoms. The summed E-state index contributed by atoms with van der Waals surface area (Å²) < 4.78 is 66.9. The number of carbonyl (C=O) groups is 1. The van der Waals surface area contributed by atoms with E-state index >= 15 is 0 Å². The van der Waals surface area contributed by atoms with Crippen LogP contribution in [0.3, 0.4) is 0 Å². The van der Waals surface area contributed by atoms with Crippen LogP contribution in [-0.2, 0) is 27.5 Å². The molecule has 1 aromatic heterocycles. The smallest absolute Gasteiger partial charge is 0.351 e. The van der Waals surface area contributed by atoms with Crippen molar-refractivity contribution in [3.8, 4) is 0 Å². The molecule has 0 saturated carbocycles. The van der Waals surface area contributed by atoms with Crippen LogP contribution in [-0.4, -0.2) is 54.3 Å². The maximum atomic E-state index is 13.5. The second-order valence-corrected chi connectivity index (χ2v) is 11.0. The number of nitrogens with one attached hydrogen (secondary N) is 2. The van der Waals surface area contributed by atoms with Gasteiger partial charge >= 0.3 is 6.18 Å². The van der Waals surface area contributed by atoms with Gasteiger partial charge in [-0.2, -0.15) is 17.5 Å². The third kappa shape index (κ3) is 5.96. The van der Waals surface area contributed by atoms with E-state index in [-0.39, 0.29) is 31.1 Å². The SMILES string of the molecule is CC(C)c1ccc(CNC(=O)[C@H]2CN(c3ncc[nH]3)CCN2S(=O)(=O)c2ccc(C(F)(F)F)cc2)cc1. The lowest BCUT2D eigenvalue weighted by atomic mass is 10.0. The molecular formula is C25H28F3N5O3S. The molecule has 2 aromatic carbocycles. The maximum Gasteiger partial charge on any atom is 0.416 e. The lowest BCUT2D eigenvalue weighted by Gasteiger charge is -2.39. The number of sulfonamides is 1. The standard InChI is InChI=1S/C25H28F3N5O3S/c1-17(2)19-5-3-18(4-6-19)15-31-23(34)22-16-32(24-29-11-12-30-24)13-14-33(22)37(35,36)21-9-7-20(8-10-21)25(26,27)28/h3-12,17,22H,13-16H2,1-2H3,(H,29,30)(H,31,34)/t22-/m1/s1. The Kier molecular flexibility index (Phi) is 7.60. The molecule has 1 aliphatic rings. The number of benzene rings is 2. The Hall–Kier alpha value is -3.38. The first-order chi connectivity index (χ1) is 17.5. The fraction of sp³-hybridized carbons (Fsp3) is 0.360. The second kappa shape index (κ2) is 10.5. The molecule has 0 unspecified atom stereocenters. The number of amides is 1. The minimum atomic E-state index is -4.59. The van der Waals surface area contributed by atoms with Crippen molar-refractivity contribution in [2.75, 3.05) is 24.5 Å². The van der Waals surface area contributed by atoms with Gasteiger partial charge < -0.3 is 15.2 Å². The summed E-state index contributed by atoms with van der Waals surface area (Å²) in [6.07, 6.45) is -1.42. The molecule has 37 heavy (non-hydrogen) atoms. The Morgan fingerprint density at radius 2 is 1.78 bits per heavy atom. The third-order valence-corrected chi connectivity index (χ3v) is 8.24. The summed E-state index contributed by atoms with van der Waals surface area (Å²) in [5.41, 5.74) is 1.06. The van der Waals surface area contributed by atoms with Crippen molar-refractivity contribution in [2.45, 2.75) is 43.4 Å². The number of halogens is 3. The normalized spacial score (nSPS) is 17.2. The zero-order valence-electron chi connectivity index (χ0n) is 20.4. The summed E-state index contributed by atoms with van der Waals surface area (Å²) in [6.45, 7) is 4.57. The molecule has 1 fully saturated rings. The molecule has 12 heteroatoms. The van der Waals surface area contributed by atoms with E-state index in [0.717, 1.165) is 39.7 Å². The van der Waals surface area contributed by atoms with Crippen LogP contribution in [0, 0.1) is 0 Å². The van der Waals surface area contributed by atoms with Crippen LogP contribution in [0.25, 0.3) is 0 Å². The average Bonchev–Trinajstić information content (AvgIpc) is 3.42. The van der Waals surface area contributed by atoms with Gasteiger partial charge in [-0.3, -0.25) is 4.79 Å². The fourth-order valence-electron chi connectivity index (χ4n) is 4.17. The van der Waals surface area contributed by atoms with Gasteiger partial charge in [0.2, 0.25) is 21.9 Å². The zero-order chi connectivity index (χ0) is 26.8. The minimum Gasteiger partial charge on any atom is -0.351 e. The van der Waals surface area contributed by atoms with Gasteiger partial charge in [-0.25, -0.2) is 13.4 Å². The lowest BCUT2D eigenvalue weighted by molar-refractivity contribution is -0.137. The van der Waals surface area contributed by atoms with Crippen LogP contribution in [0.4, 0.5) is 19.1 Å². The highest BCUT2D eigenvalue weighted by atomic mass is 32.2. The monoisotopic (exact) mass is 535 g/mol. The first-order valence-electron chi connectivity index (χ1n) is 11.8. The van der Waals surface area contributed by atoms with Gasteiger partial charge in [0.15, 0.2) is 0 Å². The van der Waals surface area contributed by atoms with Crippen molar-refractivity contribution < 1.29 is 26.4 Å². The van der Waals surface area contributed by atoms with Crippen LogP contribution in [0.5, 0.6) is 0 Å². The molecule has 2 N–H and O–H groups in total. The van der Waals surface area contributed by atoms with Gasteiger partial charge in [-0.15, -0.1) is 0 Å². The quantitative estimate of drug-likeness (QED) is 0.480. The number of piperazine rings is 1. The summed E-state index contributed by atoms with van der Waals surface area (Å²) >= 11 is 0. The number of hydrogen-bond donors (Lipinski definition) is 2. The summed E-state index contributed by atoms with van der Waals surface area (Å²) in [7, 11) is -4.26. The molecule has 0 aliphatic carbocycles. The second-order valence-electron chi connectivity index (χ2n) is 9.13. The number of H-pyrrole nitrogens is 1. The highest BCUT2D eigenvalue weighted by Crippen LogP contribution is 2.31. The summed E-state index contributed by atoms with van der Waals surface area (Å²) in [5.74, 6) is 0.343. The van der Waals surface area contributed by atoms with Crippen LogP contribution in [0.2, 0.25) is 0 Å². The molecule has 0 radical (unpaired) electrons. The van der Waals surface area contributed by atoms with E-state index in [9.17, 15) is 26.4 Å². The molecular weight excluding hydrogens is 507 g/mol. The number of carbonyl (C=O) groups excluding carboxylic acids is 1. The van der Waals surface area contributed by atoms with Gasteiger partial charge in [0.1, 0.15) is 6.04 Å². The Morgan fingerprint density at radius 1 is 1.11 bits per heavy atom. The van der Waals surface area contributed by atoms with Crippen LogP contribution >= 0.6 is 0 Å². The Balaban J connectivity index is 1.56. The van der Waals surface area contributed by atoms with Crippen LogP contribution < -0.4 is 10.2 Å². The van der Waals surface area contributed by atoms with Crippen molar-refractivity contribution in [3.05, 3.63) is 77.6 Å². The maximum absolute atomic E-state index is 13.5. The van der Waals surface area contributed by atoms with Gasteiger partial charge in [0.25, 0.3) is 0 Å². The van der Waals surface area contributed by atoms with Gasteiger partial charge in [-0.1, -0.05) is 38.1 Å². The van der Waals surface area contributed by atoms with E-state index in [2.05, 4.69) is 29.1 Å². The molecule has 4 rings (SSSR count). The highest BCUT2D eigenvalue weighted by Gasteiger charge is 2.41. The molecule has 1 aliphatic heterocycles. The van der Waals surface area contributed by atoms with Crippen molar-refractivity contribution in [1.29, 1.82) is 0 Å². The largest absolute Gasteiger partial charge is 0.416 e. The van der Waals surface area contributed by atoms with E-state index in [1.807, 2.05) is 24.3 Å². The fourth-order valence-corrected chi connectivity index (χ4v) is 5.74. The third-order valence-electron chi connectivity index (χ3n) is 6.32. The van der Waals surface area contributed by atoms with Crippen molar-refractivity contribution >= 4 is 21.9 Å². The summed E-state index contributed by atoms with van der Waals surface area (Å²) in [6, 6.07) is 9.93. The first kappa shape index (κ1) is 26.7. The molecule has 3 aromatic rings. The van der Waals surface area contributed by atoms with Crippen LogP contribution in [0.1, 0.15) is 36.5 Å². The molecule has 1 atom stereocenters. The summed E-state index contributed by atoms with van der Waals surface area (Å²) in [5, 5.41) is 2.81. The van der Waals surface area contributed by atoms with Crippen molar-refractivity contribution in [3.63, 3.8) is 0 Å². The number of rotatable bonds is 7. The van der Waals surface area contributed by atoms with E-state index in [4.69, 9.17) is 0 Å². The number of aromatic nitrogens is 2. The Labute approximate surface area is 213 Å². The number of aromatic amines is 1. The van der Waals surface area contributed by atoms with E-state index < -0.39 is 33.7 Å². The van der Waals surface area contributed by atoms with Gasteiger partial charge in [0, 0.05) is 38.6 Å². The predicted molar refractivity (Wildman–Crippen MR) is 132 cm³/mol. The van der Waals surface area contributed by atoms with E-state index in [1.54, 1.807) is 17.3 Å². The molecule has 198 valence electrons. The lowest BCUT2D eigenvalue weighted by Crippen LogP contribution is -2.60. The predicted octanol–water partition coefficient (Wildman–Crippen LogP) is 3.75. The first-order valence-corrected chi connectivity index (χ1v) is 13.2. The molecule has 0 spiro atoms. The number of imidazole rings is 1. The van der Waals surface area contributed by atoms with Gasteiger partial charge in [-0.05, 0) is 41.3 Å². The van der Waals surface area contributed by atoms with E-state index in [1.165, 1.54) is 0 Å². The van der Waals surface area contributed by atoms with Crippen LogP contribution in [0.15, 0.2) is 65.8 Å². The number of anilines is 1. The molecule has 2 heterocycles. The van der Waals surface area contributed by atoms with Crippen molar-refractivity contribution in [2.24, 2.45) is 0 Å². The topological polar surface area (TPSA) is 98.4 Å². The van der Waals surface area contributed by atoms with Gasteiger partial charge in [0.05, 0.1) is 10.5 Å². The molecule has 8 nitrogen and oxygen atoms in total. The number of hydrogen-bond acceptors (Lipinski definition) is 5. The average molecular weight is 536 g/mol.